The van der Waals surface area contributed by atoms with Crippen molar-refractivity contribution < 1.29 is 14.3 Å². The van der Waals surface area contributed by atoms with Crippen molar-refractivity contribution in [1.29, 1.82) is 0 Å². The standard InChI is InChI=1S/C18H21NO3/c1-4-21-16-9-7-15(8-10-16)19-18(20)12-22-17-11-13(2)5-6-14(17)3/h5-11H,4,12H2,1-3H3,(H,19,20). The molecule has 0 aliphatic rings. The number of carbonyl (C=O) groups excluding carboxylic acids is 1. The predicted molar refractivity (Wildman–Crippen MR) is 87.7 cm³/mol. The summed E-state index contributed by atoms with van der Waals surface area (Å²) in [5.41, 5.74) is 2.84. The summed E-state index contributed by atoms with van der Waals surface area (Å²) in [7, 11) is 0. The van der Waals surface area contributed by atoms with E-state index in [1.54, 1.807) is 12.1 Å². The van der Waals surface area contributed by atoms with Crippen molar-refractivity contribution in [3.63, 3.8) is 0 Å². The van der Waals surface area contributed by atoms with Crippen LogP contribution in [-0.4, -0.2) is 19.1 Å². The summed E-state index contributed by atoms with van der Waals surface area (Å²) >= 11 is 0. The molecule has 0 saturated carbocycles. The second-order valence-electron chi connectivity index (χ2n) is 5.06. The van der Waals surface area contributed by atoms with Gasteiger partial charge in [-0.05, 0) is 62.2 Å². The minimum atomic E-state index is -0.190. The highest BCUT2D eigenvalue weighted by atomic mass is 16.5. The second kappa shape index (κ2) is 7.50. The van der Waals surface area contributed by atoms with Gasteiger partial charge in [0.15, 0.2) is 6.61 Å². The number of anilines is 1. The summed E-state index contributed by atoms with van der Waals surface area (Å²) < 4.78 is 10.9. The van der Waals surface area contributed by atoms with E-state index in [1.807, 2.05) is 51.1 Å². The number of hydrogen-bond donors (Lipinski definition) is 1. The third-order valence-corrected chi connectivity index (χ3v) is 3.15. The molecule has 0 aromatic heterocycles. The zero-order valence-corrected chi connectivity index (χ0v) is 13.2. The molecule has 1 N–H and O–H groups in total. The van der Waals surface area contributed by atoms with Crippen LogP contribution in [0.15, 0.2) is 42.5 Å². The lowest BCUT2D eigenvalue weighted by molar-refractivity contribution is -0.118. The molecule has 1 amide bonds. The highest BCUT2D eigenvalue weighted by Crippen LogP contribution is 2.19. The molecular weight excluding hydrogens is 278 g/mol. The fraction of sp³-hybridized carbons (Fsp3) is 0.278. The van der Waals surface area contributed by atoms with E-state index in [1.165, 1.54) is 0 Å². The van der Waals surface area contributed by atoms with Crippen LogP contribution in [0.5, 0.6) is 11.5 Å². The Morgan fingerprint density at radius 3 is 2.45 bits per heavy atom. The van der Waals surface area contributed by atoms with Crippen molar-refractivity contribution in [2.24, 2.45) is 0 Å². The van der Waals surface area contributed by atoms with Crippen LogP contribution in [0.1, 0.15) is 18.1 Å². The Labute approximate surface area is 131 Å². The molecule has 4 heteroatoms. The largest absolute Gasteiger partial charge is 0.494 e. The molecule has 116 valence electrons. The fourth-order valence-corrected chi connectivity index (χ4v) is 2.00. The number of carbonyl (C=O) groups is 1. The fourth-order valence-electron chi connectivity index (χ4n) is 2.00. The lowest BCUT2D eigenvalue weighted by atomic mass is 10.1. The normalized spacial score (nSPS) is 10.1. The lowest BCUT2D eigenvalue weighted by Crippen LogP contribution is -2.20. The van der Waals surface area contributed by atoms with E-state index in [-0.39, 0.29) is 12.5 Å². The summed E-state index contributed by atoms with van der Waals surface area (Å²) in [6, 6.07) is 13.2. The van der Waals surface area contributed by atoms with Gasteiger partial charge in [-0.25, -0.2) is 0 Å². The van der Waals surface area contributed by atoms with Crippen molar-refractivity contribution in [2.45, 2.75) is 20.8 Å². The Hall–Kier alpha value is -2.49. The van der Waals surface area contributed by atoms with Crippen molar-refractivity contribution in [2.75, 3.05) is 18.5 Å². The maximum Gasteiger partial charge on any atom is 0.262 e. The molecule has 0 aliphatic carbocycles. The number of amides is 1. The van der Waals surface area contributed by atoms with Gasteiger partial charge in [0.2, 0.25) is 0 Å². The van der Waals surface area contributed by atoms with Gasteiger partial charge in [0.25, 0.3) is 5.91 Å². The molecule has 0 aliphatic heterocycles. The maximum absolute atomic E-state index is 11.9. The van der Waals surface area contributed by atoms with Gasteiger partial charge in [0.1, 0.15) is 11.5 Å². The minimum Gasteiger partial charge on any atom is -0.494 e. The van der Waals surface area contributed by atoms with Crippen molar-refractivity contribution in [1.82, 2.24) is 0 Å². The first-order chi connectivity index (χ1) is 10.6. The predicted octanol–water partition coefficient (Wildman–Crippen LogP) is 3.72. The van der Waals surface area contributed by atoms with Crippen LogP contribution in [0.3, 0.4) is 0 Å². The van der Waals surface area contributed by atoms with Gasteiger partial charge in [0, 0.05) is 5.69 Å². The van der Waals surface area contributed by atoms with Crippen LogP contribution < -0.4 is 14.8 Å². The summed E-state index contributed by atoms with van der Waals surface area (Å²) in [5, 5.41) is 2.80. The Bertz CT molecular complexity index is 635. The number of nitrogens with one attached hydrogen (secondary N) is 1. The van der Waals surface area contributed by atoms with Gasteiger partial charge in [-0.1, -0.05) is 12.1 Å². The average molecular weight is 299 g/mol. The molecule has 0 radical (unpaired) electrons. The second-order valence-corrected chi connectivity index (χ2v) is 5.06. The average Bonchev–Trinajstić information content (AvgIpc) is 2.50. The first-order valence-corrected chi connectivity index (χ1v) is 7.31. The van der Waals surface area contributed by atoms with Crippen LogP contribution >= 0.6 is 0 Å². The van der Waals surface area contributed by atoms with Crippen LogP contribution in [-0.2, 0) is 4.79 Å². The van der Waals surface area contributed by atoms with Crippen molar-refractivity contribution in [3.05, 3.63) is 53.6 Å². The van der Waals surface area contributed by atoms with Crippen LogP contribution in [0.2, 0.25) is 0 Å². The Morgan fingerprint density at radius 2 is 1.77 bits per heavy atom. The van der Waals surface area contributed by atoms with E-state index < -0.39 is 0 Å². The number of ether oxygens (including phenoxy) is 2. The molecule has 0 fully saturated rings. The summed E-state index contributed by atoms with van der Waals surface area (Å²) in [6.45, 7) is 6.48. The summed E-state index contributed by atoms with van der Waals surface area (Å²) in [5.74, 6) is 1.33. The Balaban J connectivity index is 1.88. The summed E-state index contributed by atoms with van der Waals surface area (Å²) in [6.07, 6.45) is 0. The highest BCUT2D eigenvalue weighted by Gasteiger charge is 2.06. The number of rotatable bonds is 6. The topological polar surface area (TPSA) is 47.6 Å². The zero-order valence-electron chi connectivity index (χ0n) is 13.2. The highest BCUT2D eigenvalue weighted by molar-refractivity contribution is 5.91. The zero-order chi connectivity index (χ0) is 15.9. The van der Waals surface area contributed by atoms with Crippen molar-refractivity contribution >= 4 is 11.6 Å². The van der Waals surface area contributed by atoms with E-state index in [2.05, 4.69) is 5.32 Å². The van der Waals surface area contributed by atoms with Gasteiger partial charge in [0.05, 0.1) is 6.61 Å². The minimum absolute atomic E-state index is 0.0164. The molecule has 4 nitrogen and oxygen atoms in total. The quantitative estimate of drug-likeness (QED) is 0.884. The van der Waals surface area contributed by atoms with Crippen molar-refractivity contribution in [3.8, 4) is 11.5 Å². The first kappa shape index (κ1) is 15.9. The first-order valence-electron chi connectivity index (χ1n) is 7.31. The molecule has 2 aromatic carbocycles. The Kier molecular flexibility index (Phi) is 5.42. The summed E-state index contributed by atoms with van der Waals surface area (Å²) in [4.78, 5) is 11.9. The van der Waals surface area contributed by atoms with Gasteiger partial charge in [-0.15, -0.1) is 0 Å². The van der Waals surface area contributed by atoms with E-state index >= 15 is 0 Å². The smallest absolute Gasteiger partial charge is 0.262 e. The maximum atomic E-state index is 11.9. The van der Waals surface area contributed by atoms with E-state index in [4.69, 9.17) is 9.47 Å². The van der Waals surface area contributed by atoms with Gasteiger partial charge >= 0.3 is 0 Å². The molecule has 2 aromatic rings. The monoisotopic (exact) mass is 299 g/mol. The van der Waals surface area contributed by atoms with Crippen LogP contribution in [0, 0.1) is 13.8 Å². The van der Waals surface area contributed by atoms with Gasteiger partial charge < -0.3 is 14.8 Å². The third kappa shape index (κ3) is 4.52. The number of hydrogen-bond acceptors (Lipinski definition) is 3. The number of aryl methyl sites for hydroxylation is 2. The molecule has 0 saturated heterocycles. The lowest BCUT2D eigenvalue weighted by Gasteiger charge is -2.10. The molecule has 0 unspecified atom stereocenters. The van der Waals surface area contributed by atoms with Crippen LogP contribution in [0.4, 0.5) is 5.69 Å². The molecule has 0 spiro atoms. The molecule has 0 heterocycles. The Morgan fingerprint density at radius 1 is 1.05 bits per heavy atom. The SMILES string of the molecule is CCOc1ccc(NC(=O)COc2cc(C)ccc2C)cc1. The van der Waals surface area contributed by atoms with E-state index in [0.717, 1.165) is 28.3 Å². The number of benzene rings is 2. The van der Waals surface area contributed by atoms with Gasteiger partial charge in [-0.2, -0.15) is 0 Å². The molecule has 0 atom stereocenters. The molecule has 22 heavy (non-hydrogen) atoms. The molecule has 0 bridgehead atoms. The van der Waals surface area contributed by atoms with E-state index in [9.17, 15) is 4.79 Å². The third-order valence-electron chi connectivity index (χ3n) is 3.15. The van der Waals surface area contributed by atoms with Gasteiger partial charge in [-0.3, -0.25) is 4.79 Å². The van der Waals surface area contributed by atoms with E-state index in [0.29, 0.717) is 6.61 Å². The molecular formula is C18H21NO3. The molecule has 2 rings (SSSR count). The van der Waals surface area contributed by atoms with Crippen LogP contribution in [0.25, 0.3) is 0 Å².